The predicted octanol–water partition coefficient (Wildman–Crippen LogP) is 0.163. The van der Waals surface area contributed by atoms with E-state index in [1.54, 1.807) is 12.1 Å². The van der Waals surface area contributed by atoms with Gasteiger partial charge in [0.2, 0.25) is 11.8 Å². The van der Waals surface area contributed by atoms with Gasteiger partial charge in [0.05, 0.1) is 0 Å². The number of carbonyl (C=O) groups excluding carboxylic acids is 2. The Balaban J connectivity index is 2.14. The minimum absolute atomic E-state index is 0.234. The van der Waals surface area contributed by atoms with Gasteiger partial charge in [-0.25, -0.2) is 0 Å². The molecule has 0 radical (unpaired) electrons. The summed E-state index contributed by atoms with van der Waals surface area (Å²) in [5.74, 6) is -0.691. The van der Waals surface area contributed by atoms with Crippen molar-refractivity contribution in [2.45, 2.75) is 24.9 Å². The molecule has 4 N–H and O–H groups in total. The largest absolute Gasteiger partial charge is 0.368 e. The van der Waals surface area contributed by atoms with Crippen LogP contribution >= 0.6 is 0 Å². The van der Waals surface area contributed by atoms with Gasteiger partial charge >= 0.3 is 0 Å². The molecule has 0 bridgehead atoms. The zero-order chi connectivity index (χ0) is 13.1. The number of primary amides is 1. The Bertz CT molecular complexity index is 447. The lowest BCUT2D eigenvalue weighted by Crippen LogP contribution is -2.47. The third-order valence-corrected chi connectivity index (χ3v) is 3.29. The van der Waals surface area contributed by atoms with Gasteiger partial charge in [0.15, 0.2) is 0 Å². The predicted molar refractivity (Wildman–Crippen MR) is 67.3 cm³/mol. The molecule has 18 heavy (non-hydrogen) atoms. The fourth-order valence-corrected chi connectivity index (χ4v) is 2.31. The van der Waals surface area contributed by atoms with Crippen LogP contribution in [0.15, 0.2) is 30.3 Å². The van der Waals surface area contributed by atoms with Gasteiger partial charge in [-0.05, 0) is 18.4 Å². The van der Waals surface area contributed by atoms with E-state index in [1.165, 1.54) is 4.90 Å². The zero-order valence-corrected chi connectivity index (χ0v) is 10.1. The van der Waals surface area contributed by atoms with Gasteiger partial charge in [-0.3, -0.25) is 9.59 Å². The summed E-state index contributed by atoms with van der Waals surface area (Å²) in [6.45, 7) is 0.549. The highest BCUT2D eigenvalue weighted by Gasteiger charge is 2.35. The number of hydrogen-bond donors (Lipinski definition) is 2. The topological polar surface area (TPSA) is 89.4 Å². The first-order valence-electron chi connectivity index (χ1n) is 6.01. The van der Waals surface area contributed by atoms with E-state index in [4.69, 9.17) is 11.5 Å². The molecule has 1 aromatic rings. The Labute approximate surface area is 106 Å². The molecule has 2 rings (SSSR count). The highest BCUT2D eigenvalue weighted by molar-refractivity contribution is 5.90. The molecule has 5 nitrogen and oxygen atoms in total. The van der Waals surface area contributed by atoms with E-state index in [0.29, 0.717) is 13.0 Å². The maximum absolute atomic E-state index is 12.3. The molecule has 1 aliphatic rings. The zero-order valence-electron chi connectivity index (χ0n) is 10.1. The van der Waals surface area contributed by atoms with Crippen molar-refractivity contribution in [3.8, 4) is 0 Å². The molecule has 5 heteroatoms. The monoisotopic (exact) mass is 247 g/mol. The summed E-state index contributed by atoms with van der Waals surface area (Å²) < 4.78 is 0. The van der Waals surface area contributed by atoms with Crippen molar-refractivity contribution >= 4 is 11.8 Å². The second-order valence-corrected chi connectivity index (χ2v) is 4.48. The highest BCUT2D eigenvalue weighted by Crippen LogP contribution is 2.21. The van der Waals surface area contributed by atoms with Crippen LogP contribution in [0.25, 0.3) is 0 Å². The SMILES string of the molecule is NC(=O)C1CCCN1C(=O)C(N)c1ccccc1. The molecule has 1 saturated heterocycles. The first-order chi connectivity index (χ1) is 8.61. The Kier molecular flexibility index (Phi) is 3.62. The molecular weight excluding hydrogens is 230 g/mol. The lowest BCUT2D eigenvalue weighted by Gasteiger charge is -2.25. The quantitative estimate of drug-likeness (QED) is 0.797. The third kappa shape index (κ3) is 2.36. The van der Waals surface area contributed by atoms with E-state index < -0.39 is 18.0 Å². The normalized spacial score (nSPS) is 20.7. The van der Waals surface area contributed by atoms with Gasteiger partial charge in [-0.15, -0.1) is 0 Å². The second kappa shape index (κ2) is 5.18. The molecular formula is C13H17N3O2. The molecule has 1 aliphatic heterocycles. The van der Waals surface area contributed by atoms with Gasteiger partial charge in [0.25, 0.3) is 0 Å². The Hall–Kier alpha value is -1.88. The van der Waals surface area contributed by atoms with Crippen molar-refractivity contribution in [3.05, 3.63) is 35.9 Å². The highest BCUT2D eigenvalue weighted by atomic mass is 16.2. The average molecular weight is 247 g/mol. The van der Waals surface area contributed by atoms with Crippen molar-refractivity contribution in [2.24, 2.45) is 11.5 Å². The van der Waals surface area contributed by atoms with E-state index in [-0.39, 0.29) is 5.91 Å². The first kappa shape index (κ1) is 12.6. The van der Waals surface area contributed by atoms with Gasteiger partial charge in [-0.2, -0.15) is 0 Å². The minimum Gasteiger partial charge on any atom is -0.368 e. The van der Waals surface area contributed by atoms with Gasteiger partial charge in [-0.1, -0.05) is 30.3 Å². The van der Waals surface area contributed by atoms with Gasteiger partial charge in [0.1, 0.15) is 12.1 Å². The number of nitrogens with two attached hydrogens (primary N) is 2. The fraction of sp³-hybridized carbons (Fsp3) is 0.385. The van der Waals surface area contributed by atoms with E-state index in [1.807, 2.05) is 18.2 Å². The van der Waals surface area contributed by atoms with Crippen LogP contribution in [0.3, 0.4) is 0 Å². The van der Waals surface area contributed by atoms with Crippen molar-refractivity contribution in [1.29, 1.82) is 0 Å². The van der Waals surface area contributed by atoms with Crippen molar-refractivity contribution in [2.75, 3.05) is 6.54 Å². The maximum Gasteiger partial charge on any atom is 0.244 e. The fourth-order valence-electron chi connectivity index (χ4n) is 2.31. The van der Waals surface area contributed by atoms with Crippen LogP contribution < -0.4 is 11.5 Å². The first-order valence-corrected chi connectivity index (χ1v) is 6.01. The van der Waals surface area contributed by atoms with Crippen LogP contribution in [0.4, 0.5) is 0 Å². The molecule has 1 heterocycles. The molecule has 0 spiro atoms. The van der Waals surface area contributed by atoms with E-state index >= 15 is 0 Å². The summed E-state index contributed by atoms with van der Waals surface area (Å²) in [6.07, 6.45) is 1.42. The van der Waals surface area contributed by atoms with Crippen LogP contribution in [-0.4, -0.2) is 29.3 Å². The number of hydrogen-bond acceptors (Lipinski definition) is 3. The van der Waals surface area contributed by atoms with Crippen LogP contribution in [0.2, 0.25) is 0 Å². The van der Waals surface area contributed by atoms with Crippen LogP contribution in [0.1, 0.15) is 24.4 Å². The summed E-state index contributed by atoms with van der Waals surface area (Å²) in [5.41, 5.74) is 12.0. The van der Waals surface area contributed by atoms with Gasteiger partial charge < -0.3 is 16.4 Å². The van der Waals surface area contributed by atoms with Crippen molar-refractivity contribution in [1.82, 2.24) is 4.90 Å². The molecule has 1 aromatic carbocycles. The molecule has 2 amide bonds. The molecule has 0 aromatic heterocycles. The molecule has 96 valence electrons. The van der Waals surface area contributed by atoms with Crippen LogP contribution in [-0.2, 0) is 9.59 Å². The Morgan fingerprint density at radius 2 is 1.94 bits per heavy atom. The number of nitrogens with zero attached hydrogens (tertiary/aromatic N) is 1. The van der Waals surface area contributed by atoms with E-state index in [2.05, 4.69) is 0 Å². The smallest absolute Gasteiger partial charge is 0.244 e. The summed E-state index contributed by atoms with van der Waals surface area (Å²) in [7, 11) is 0. The number of rotatable bonds is 3. The molecule has 0 aliphatic carbocycles. The molecule has 2 atom stereocenters. The van der Waals surface area contributed by atoms with Crippen molar-refractivity contribution < 1.29 is 9.59 Å². The summed E-state index contributed by atoms with van der Waals surface area (Å²) in [6, 6.07) is 7.90. The molecule has 1 fully saturated rings. The third-order valence-electron chi connectivity index (χ3n) is 3.29. The minimum atomic E-state index is -0.730. The van der Waals surface area contributed by atoms with E-state index in [9.17, 15) is 9.59 Å². The number of carbonyl (C=O) groups is 2. The van der Waals surface area contributed by atoms with Gasteiger partial charge in [0, 0.05) is 6.54 Å². The van der Waals surface area contributed by atoms with Crippen LogP contribution in [0.5, 0.6) is 0 Å². The standard InChI is InChI=1S/C13H17N3O2/c14-11(9-5-2-1-3-6-9)13(18)16-8-4-7-10(16)12(15)17/h1-3,5-6,10-11H,4,7-8,14H2,(H2,15,17). The second-order valence-electron chi connectivity index (χ2n) is 4.48. The van der Waals surface area contributed by atoms with Crippen molar-refractivity contribution in [3.63, 3.8) is 0 Å². The Morgan fingerprint density at radius 3 is 2.56 bits per heavy atom. The molecule has 0 saturated carbocycles. The van der Waals surface area contributed by atoms with E-state index in [0.717, 1.165) is 12.0 Å². The maximum atomic E-state index is 12.3. The Morgan fingerprint density at radius 1 is 1.28 bits per heavy atom. The summed E-state index contributed by atoms with van der Waals surface area (Å²) in [4.78, 5) is 25.0. The lowest BCUT2D eigenvalue weighted by atomic mass is 10.1. The summed E-state index contributed by atoms with van der Waals surface area (Å²) >= 11 is 0. The molecule has 2 unspecified atom stereocenters. The number of benzene rings is 1. The number of likely N-dealkylation sites (tertiary alicyclic amines) is 1. The van der Waals surface area contributed by atoms with Crippen LogP contribution in [0, 0.1) is 0 Å². The lowest BCUT2D eigenvalue weighted by molar-refractivity contribution is -0.138. The average Bonchev–Trinajstić information content (AvgIpc) is 2.87. The number of amides is 2. The summed E-state index contributed by atoms with van der Waals surface area (Å²) in [5, 5.41) is 0.